The van der Waals surface area contributed by atoms with Crippen molar-refractivity contribution in [1.82, 2.24) is 26.2 Å². The Kier molecular flexibility index (Phi) is 16.0. The Morgan fingerprint density at radius 2 is 1.43 bits per heavy atom. The summed E-state index contributed by atoms with van der Waals surface area (Å²) in [4.78, 5) is 69.3. The number of hydrogen-bond donors (Lipinski definition) is 6. The number of benzene rings is 2. The maximum absolute atomic E-state index is 14.1. The van der Waals surface area contributed by atoms with Crippen molar-refractivity contribution >= 4 is 29.6 Å². The van der Waals surface area contributed by atoms with E-state index in [1.54, 1.807) is 7.05 Å². The summed E-state index contributed by atoms with van der Waals surface area (Å²) in [5, 5.41) is 11.8. The number of nitrogens with two attached hydrogens (primary N) is 2. The average molecular weight is 708 g/mol. The van der Waals surface area contributed by atoms with Gasteiger partial charge >= 0.3 is 5.97 Å². The standard InChI is InChI=1S/C38H57N7O6/c1-25(2)22-30(33(46)42-29(18-12-13-20-39)36(49)45-21-19-38(40,24-45)37(50)51-5)43-34(47)31(23-27-14-8-6-9-15-27)44-35(48)32(41-4)26(3)28-16-10-7-11-17-28/h6-11,14-17,25-26,29-32,41H,12-13,18-24,39-40H2,1-5H3,(H,42,46)(H,43,47)(H,44,48)/t26-,29-,30-,31-,32-,38?/m1/s1. The monoisotopic (exact) mass is 707 g/mol. The van der Waals surface area contributed by atoms with E-state index in [0.29, 0.717) is 25.8 Å². The number of ether oxygens (including phenoxy) is 1. The molecule has 8 N–H and O–H groups in total. The van der Waals surface area contributed by atoms with Gasteiger partial charge in [-0.1, -0.05) is 81.4 Å². The highest BCUT2D eigenvalue weighted by molar-refractivity contribution is 5.95. The number of rotatable bonds is 19. The Hall–Kier alpha value is -4.33. The van der Waals surface area contributed by atoms with Crippen molar-refractivity contribution in [2.24, 2.45) is 17.4 Å². The first kappa shape index (κ1) is 41.1. The third-order valence-corrected chi connectivity index (χ3v) is 9.44. The Morgan fingerprint density at radius 1 is 0.843 bits per heavy atom. The van der Waals surface area contributed by atoms with Crippen LogP contribution in [0.15, 0.2) is 60.7 Å². The highest BCUT2D eigenvalue weighted by atomic mass is 16.5. The van der Waals surface area contributed by atoms with Crippen LogP contribution in [0.2, 0.25) is 0 Å². The van der Waals surface area contributed by atoms with Gasteiger partial charge in [0.2, 0.25) is 23.6 Å². The Bertz CT molecular complexity index is 1440. The summed E-state index contributed by atoms with van der Waals surface area (Å²) in [5.41, 5.74) is 12.5. The zero-order valence-corrected chi connectivity index (χ0v) is 30.7. The van der Waals surface area contributed by atoms with E-state index in [0.717, 1.165) is 11.1 Å². The van der Waals surface area contributed by atoms with Gasteiger partial charge in [-0.15, -0.1) is 0 Å². The number of nitrogens with zero attached hydrogens (tertiary/aromatic N) is 1. The van der Waals surface area contributed by atoms with E-state index in [2.05, 4.69) is 21.3 Å². The molecule has 51 heavy (non-hydrogen) atoms. The SMILES string of the molecule is CN[C@@H](C(=O)N[C@H](Cc1ccccc1)C(=O)N[C@H](CC(C)C)C(=O)N[C@H](CCCCN)C(=O)N1CCC(N)(C(=O)OC)C1)[C@H](C)c1ccccc1. The van der Waals surface area contributed by atoms with Gasteiger partial charge in [-0.25, -0.2) is 4.79 Å². The maximum Gasteiger partial charge on any atom is 0.327 e. The van der Waals surface area contributed by atoms with E-state index in [1.807, 2.05) is 81.4 Å². The largest absolute Gasteiger partial charge is 0.468 e. The van der Waals surface area contributed by atoms with E-state index in [9.17, 15) is 24.0 Å². The summed E-state index contributed by atoms with van der Waals surface area (Å²) < 4.78 is 4.85. The minimum atomic E-state index is -1.33. The molecule has 0 spiro atoms. The first-order chi connectivity index (χ1) is 24.3. The minimum absolute atomic E-state index is 0.00601. The van der Waals surface area contributed by atoms with Gasteiger partial charge in [0.05, 0.1) is 13.2 Å². The molecule has 280 valence electrons. The first-order valence-electron chi connectivity index (χ1n) is 17.9. The van der Waals surface area contributed by atoms with Gasteiger partial charge in [-0.05, 0) is 62.7 Å². The smallest absolute Gasteiger partial charge is 0.327 e. The molecule has 2 aromatic rings. The second-order valence-corrected chi connectivity index (χ2v) is 13.9. The van der Waals surface area contributed by atoms with Gasteiger partial charge in [0.1, 0.15) is 23.7 Å². The van der Waals surface area contributed by atoms with Crippen molar-refractivity contribution < 1.29 is 28.7 Å². The van der Waals surface area contributed by atoms with Crippen molar-refractivity contribution in [1.29, 1.82) is 0 Å². The Balaban J connectivity index is 1.82. The molecule has 4 amide bonds. The van der Waals surface area contributed by atoms with Crippen molar-refractivity contribution in [3.05, 3.63) is 71.8 Å². The molecule has 1 unspecified atom stereocenters. The highest BCUT2D eigenvalue weighted by Crippen LogP contribution is 2.22. The van der Waals surface area contributed by atoms with E-state index in [1.165, 1.54) is 12.0 Å². The molecule has 0 radical (unpaired) electrons. The van der Waals surface area contributed by atoms with Crippen LogP contribution in [-0.2, 0) is 35.1 Å². The van der Waals surface area contributed by atoms with Crippen LogP contribution in [0.5, 0.6) is 0 Å². The molecule has 1 saturated heterocycles. The van der Waals surface area contributed by atoms with Crippen molar-refractivity contribution in [2.45, 2.75) is 94.9 Å². The molecule has 13 nitrogen and oxygen atoms in total. The molecule has 0 aromatic heterocycles. The second kappa shape index (κ2) is 19.9. The second-order valence-electron chi connectivity index (χ2n) is 13.9. The average Bonchev–Trinajstić information content (AvgIpc) is 3.53. The molecule has 1 aliphatic heterocycles. The lowest BCUT2D eigenvalue weighted by Crippen LogP contribution is -2.59. The minimum Gasteiger partial charge on any atom is -0.468 e. The fourth-order valence-corrected chi connectivity index (χ4v) is 6.49. The highest BCUT2D eigenvalue weighted by Gasteiger charge is 2.45. The van der Waals surface area contributed by atoms with Crippen molar-refractivity contribution in [2.75, 3.05) is 33.8 Å². The molecule has 1 fully saturated rings. The number of carbonyl (C=O) groups excluding carboxylic acids is 5. The number of likely N-dealkylation sites (N-methyl/N-ethyl adjacent to an activating group) is 1. The molecule has 6 atom stereocenters. The normalized spacial score (nSPS) is 18.6. The third-order valence-electron chi connectivity index (χ3n) is 9.44. The quantitative estimate of drug-likeness (QED) is 0.0922. The summed E-state index contributed by atoms with van der Waals surface area (Å²) in [5.74, 6) is -2.56. The van der Waals surface area contributed by atoms with Crippen LogP contribution < -0.4 is 32.7 Å². The lowest BCUT2D eigenvalue weighted by molar-refractivity contribution is -0.147. The number of carbonyl (C=O) groups is 5. The van der Waals surface area contributed by atoms with Crippen LogP contribution in [0.3, 0.4) is 0 Å². The van der Waals surface area contributed by atoms with E-state index < -0.39 is 47.5 Å². The molecule has 13 heteroatoms. The summed E-state index contributed by atoms with van der Waals surface area (Å²) in [7, 11) is 2.95. The summed E-state index contributed by atoms with van der Waals surface area (Å²) in [6, 6.07) is 15.4. The molecule has 3 rings (SSSR count). The number of methoxy groups -OCH3 is 1. The van der Waals surface area contributed by atoms with Crippen molar-refractivity contribution in [3.8, 4) is 0 Å². The predicted molar refractivity (Wildman–Crippen MR) is 196 cm³/mol. The van der Waals surface area contributed by atoms with Crippen LogP contribution in [-0.4, -0.2) is 98.0 Å². The van der Waals surface area contributed by atoms with Crippen LogP contribution in [0.1, 0.15) is 69.9 Å². The van der Waals surface area contributed by atoms with Gasteiger partial charge in [-0.3, -0.25) is 19.2 Å². The number of unbranched alkanes of at least 4 members (excludes halogenated alkanes) is 1. The zero-order chi connectivity index (χ0) is 37.6. The molecule has 0 bridgehead atoms. The van der Waals surface area contributed by atoms with Gasteiger partial charge in [-0.2, -0.15) is 0 Å². The van der Waals surface area contributed by atoms with Crippen LogP contribution in [0.4, 0.5) is 0 Å². The number of esters is 1. The molecule has 1 aliphatic rings. The molecular formula is C38H57N7O6. The lowest BCUT2D eigenvalue weighted by atomic mass is 9.92. The molecule has 2 aromatic carbocycles. The Morgan fingerprint density at radius 3 is 2.02 bits per heavy atom. The molecular weight excluding hydrogens is 650 g/mol. The van der Waals surface area contributed by atoms with Gasteiger partial charge in [0.25, 0.3) is 0 Å². The van der Waals surface area contributed by atoms with Gasteiger partial charge in [0.15, 0.2) is 0 Å². The maximum atomic E-state index is 14.1. The molecule has 0 saturated carbocycles. The number of hydrogen-bond acceptors (Lipinski definition) is 9. The zero-order valence-electron chi connectivity index (χ0n) is 30.7. The van der Waals surface area contributed by atoms with Crippen LogP contribution >= 0.6 is 0 Å². The van der Waals surface area contributed by atoms with Crippen LogP contribution in [0, 0.1) is 5.92 Å². The fourth-order valence-electron chi connectivity index (χ4n) is 6.49. The van der Waals surface area contributed by atoms with E-state index in [4.69, 9.17) is 16.2 Å². The van der Waals surface area contributed by atoms with Gasteiger partial charge in [0, 0.05) is 25.4 Å². The van der Waals surface area contributed by atoms with Gasteiger partial charge < -0.3 is 42.4 Å². The Labute approximate surface area is 302 Å². The summed E-state index contributed by atoms with van der Waals surface area (Å²) >= 11 is 0. The van der Waals surface area contributed by atoms with Crippen molar-refractivity contribution in [3.63, 3.8) is 0 Å². The third kappa shape index (κ3) is 11.9. The predicted octanol–water partition coefficient (Wildman–Crippen LogP) is 1.35. The lowest BCUT2D eigenvalue weighted by Gasteiger charge is -2.29. The van der Waals surface area contributed by atoms with E-state index >= 15 is 0 Å². The number of likely N-dealkylation sites (tertiary alicyclic amines) is 1. The first-order valence-corrected chi connectivity index (χ1v) is 17.9. The van der Waals surface area contributed by atoms with E-state index in [-0.39, 0.29) is 56.0 Å². The molecule has 1 heterocycles. The number of nitrogens with one attached hydrogen (secondary N) is 4. The summed E-state index contributed by atoms with van der Waals surface area (Å²) in [6.45, 7) is 6.43. The topological polar surface area (TPSA) is 198 Å². The summed E-state index contributed by atoms with van der Waals surface area (Å²) in [6.07, 6.45) is 2.25. The fraction of sp³-hybridized carbons (Fsp3) is 0.553. The van der Waals surface area contributed by atoms with Crippen LogP contribution in [0.25, 0.3) is 0 Å². The number of amides is 4. The molecule has 0 aliphatic carbocycles.